The molecule has 1 heterocycles. The van der Waals surface area contributed by atoms with Crippen molar-refractivity contribution in [2.75, 3.05) is 6.61 Å². The van der Waals surface area contributed by atoms with Crippen LogP contribution >= 0.6 is 0 Å². The first-order valence-corrected chi connectivity index (χ1v) is 7.28. The molecule has 0 bridgehead atoms. The molecule has 1 saturated heterocycles. The van der Waals surface area contributed by atoms with Gasteiger partial charge < -0.3 is 4.74 Å². The first kappa shape index (κ1) is 15.1. The van der Waals surface area contributed by atoms with Crippen molar-refractivity contribution in [3.63, 3.8) is 0 Å². The van der Waals surface area contributed by atoms with Gasteiger partial charge in [-0.1, -0.05) is 60.2 Å². The van der Waals surface area contributed by atoms with Gasteiger partial charge in [-0.05, 0) is 24.5 Å². The van der Waals surface area contributed by atoms with Gasteiger partial charge in [-0.3, -0.25) is 0 Å². The number of alkyl halides is 3. The van der Waals surface area contributed by atoms with E-state index in [0.29, 0.717) is 12.0 Å². The molecule has 0 spiro atoms. The van der Waals surface area contributed by atoms with Gasteiger partial charge in [-0.25, -0.2) is 0 Å². The van der Waals surface area contributed by atoms with Crippen LogP contribution in [0.4, 0.5) is 13.2 Å². The number of aryl methyl sites for hydroxylation is 1. The molecule has 0 aromatic heterocycles. The molecule has 0 N–H and O–H groups in total. The quantitative estimate of drug-likeness (QED) is 0.762. The highest BCUT2D eigenvalue weighted by Crippen LogP contribution is 2.56. The monoisotopic (exact) mass is 306 g/mol. The molecule has 2 aromatic rings. The van der Waals surface area contributed by atoms with Crippen LogP contribution in [0.5, 0.6) is 0 Å². The Hall–Kier alpha value is -1.81. The zero-order valence-corrected chi connectivity index (χ0v) is 12.2. The average Bonchev–Trinajstić information content (AvgIpc) is 2.94. The lowest BCUT2D eigenvalue weighted by atomic mass is 9.76. The summed E-state index contributed by atoms with van der Waals surface area (Å²) in [6.45, 7) is 2.02. The fourth-order valence-electron chi connectivity index (χ4n) is 3.26. The second-order valence-electron chi connectivity index (χ2n) is 5.70. The molecule has 0 radical (unpaired) electrons. The fraction of sp³-hybridized carbons (Fsp3) is 0.333. The number of hydrogen-bond donors (Lipinski definition) is 0. The number of rotatable bonds is 2. The molecule has 116 valence electrons. The largest absolute Gasteiger partial charge is 0.422 e. The molecule has 4 heteroatoms. The maximum absolute atomic E-state index is 14.0. The lowest BCUT2D eigenvalue weighted by Crippen LogP contribution is -2.46. The second kappa shape index (κ2) is 5.43. The Labute approximate surface area is 127 Å². The van der Waals surface area contributed by atoms with E-state index < -0.39 is 17.7 Å². The summed E-state index contributed by atoms with van der Waals surface area (Å²) in [6, 6.07) is 15.2. The first-order chi connectivity index (χ1) is 10.4. The first-order valence-electron chi connectivity index (χ1n) is 7.28. The topological polar surface area (TPSA) is 9.23 Å². The highest BCUT2D eigenvalue weighted by molar-refractivity contribution is 5.35. The summed E-state index contributed by atoms with van der Waals surface area (Å²) in [7, 11) is 0. The summed E-state index contributed by atoms with van der Waals surface area (Å²) in [4.78, 5) is 0. The van der Waals surface area contributed by atoms with Crippen molar-refractivity contribution in [2.45, 2.75) is 31.0 Å². The lowest BCUT2D eigenvalue weighted by Gasteiger charge is -2.37. The van der Waals surface area contributed by atoms with Crippen LogP contribution in [0.15, 0.2) is 54.6 Å². The van der Waals surface area contributed by atoms with E-state index in [0.717, 1.165) is 5.56 Å². The van der Waals surface area contributed by atoms with Gasteiger partial charge in [0, 0.05) is 12.5 Å². The van der Waals surface area contributed by atoms with Crippen LogP contribution in [-0.2, 0) is 10.3 Å². The van der Waals surface area contributed by atoms with Crippen molar-refractivity contribution >= 4 is 0 Å². The van der Waals surface area contributed by atoms with Crippen molar-refractivity contribution in [3.8, 4) is 0 Å². The summed E-state index contributed by atoms with van der Waals surface area (Å²) in [5, 5.41) is 0. The minimum Gasteiger partial charge on any atom is -0.360 e. The van der Waals surface area contributed by atoms with Gasteiger partial charge in [0.2, 0.25) is 0 Å². The summed E-state index contributed by atoms with van der Waals surface area (Å²) in [5.41, 5.74) is -0.390. The van der Waals surface area contributed by atoms with Crippen molar-refractivity contribution in [1.82, 2.24) is 0 Å². The molecular weight excluding hydrogens is 289 g/mol. The minimum absolute atomic E-state index is 0.104. The van der Waals surface area contributed by atoms with Crippen LogP contribution in [0, 0.1) is 6.92 Å². The van der Waals surface area contributed by atoms with Gasteiger partial charge in [0.05, 0.1) is 0 Å². The molecule has 1 nitrogen and oxygen atoms in total. The minimum atomic E-state index is -4.47. The summed E-state index contributed by atoms with van der Waals surface area (Å²) >= 11 is 0. The Morgan fingerprint density at radius 1 is 1.00 bits per heavy atom. The standard InChI is InChI=1S/C18H17F3O/c1-13-7-9-14(10-8-13)16-11-12-22-17(16,18(19,20)21)15-5-3-2-4-6-15/h2-10,16H,11-12H2,1H3. The number of halogens is 3. The van der Waals surface area contributed by atoms with Crippen molar-refractivity contribution in [3.05, 3.63) is 71.3 Å². The average molecular weight is 306 g/mol. The maximum Gasteiger partial charge on any atom is 0.422 e. The summed E-state index contributed by atoms with van der Waals surface area (Å²) < 4.78 is 47.3. The maximum atomic E-state index is 14.0. The van der Waals surface area contributed by atoms with Gasteiger partial charge in [0.25, 0.3) is 0 Å². The van der Waals surface area contributed by atoms with E-state index in [1.165, 1.54) is 12.1 Å². The van der Waals surface area contributed by atoms with E-state index in [2.05, 4.69) is 0 Å². The predicted octanol–water partition coefficient (Wildman–Crippen LogP) is 4.96. The van der Waals surface area contributed by atoms with Gasteiger partial charge in [0.1, 0.15) is 0 Å². The fourth-order valence-corrected chi connectivity index (χ4v) is 3.26. The molecule has 0 amide bonds. The third-order valence-corrected chi connectivity index (χ3v) is 4.33. The van der Waals surface area contributed by atoms with Gasteiger partial charge in [-0.2, -0.15) is 13.2 Å². The van der Waals surface area contributed by atoms with Gasteiger partial charge >= 0.3 is 6.18 Å². The zero-order valence-electron chi connectivity index (χ0n) is 12.2. The van der Waals surface area contributed by atoms with E-state index in [1.54, 1.807) is 30.3 Å². The van der Waals surface area contributed by atoms with Gasteiger partial charge in [-0.15, -0.1) is 0 Å². The molecule has 0 aliphatic carbocycles. The van der Waals surface area contributed by atoms with Crippen LogP contribution in [0.3, 0.4) is 0 Å². The molecule has 2 unspecified atom stereocenters. The van der Waals surface area contributed by atoms with E-state index in [4.69, 9.17) is 4.74 Å². The van der Waals surface area contributed by atoms with Crippen molar-refractivity contribution in [1.29, 1.82) is 0 Å². The summed E-state index contributed by atoms with van der Waals surface area (Å²) in [5.74, 6) is -0.726. The molecule has 2 aromatic carbocycles. The van der Waals surface area contributed by atoms with Gasteiger partial charge in [0.15, 0.2) is 5.60 Å². The molecule has 2 atom stereocenters. The van der Waals surface area contributed by atoms with Crippen LogP contribution in [0.1, 0.15) is 29.0 Å². The van der Waals surface area contributed by atoms with Crippen LogP contribution < -0.4 is 0 Å². The van der Waals surface area contributed by atoms with Crippen LogP contribution in [-0.4, -0.2) is 12.8 Å². The van der Waals surface area contributed by atoms with E-state index >= 15 is 0 Å². The number of benzene rings is 2. The third kappa shape index (κ3) is 2.31. The second-order valence-corrected chi connectivity index (χ2v) is 5.70. The van der Waals surface area contributed by atoms with Crippen LogP contribution in [0.25, 0.3) is 0 Å². The zero-order chi connectivity index (χ0) is 15.8. The Morgan fingerprint density at radius 3 is 2.23 bits per heavy atom. The van der Waals surface area contributed by atoms with E-state index in [-0.39, 0.29) is 12.2 Å². The molecule has 1 aliphatic heterocycles. The normalized spacial score (nSPS) is 25.4. The SMILES string of the molecule is Cc1ccc(C2CCOC2(c2ccccc2)C(F)(F)F)cc1. The molecule has 1 aliphatic rings. The predicted molar refractivity (Wildman–Crippen MR) is 78.7 cm³/mol. The number of hydrogen-bond acceptors (Lipinski definition) is 1. The van der Waals surface area contributed by atoms with E-state index in [1.807, 2.05) is 19.1 Å². The van der Waals surface area contributed by atoms with Crippen molar-refractivity contribution in [2.24, 2.45) is 0 Å². The third-order valence-electron chi connectivity index (χ3n) is 4.33. The molecular formula is C18H17F3O. The Morgan fingerprint density at radius 2 is 1.64 bits per heavy atom. The highest BCUT2D eigenvalue weighted by Gasteiger charge is 2.64. The Bertz CT molecular complexity index is 634. The van der Waals surface area contributed by atoms with E-state index in [9.17, 15) is 13.2 Å². The number of ether oxygens (including phenoxy) is 1. The molecule has 3 rings (SSSR count). The van der Waals surface area contributed by atoms with Crippen molar-refractivity contribution < 1.29 is 17.9 Å². The van der Waals surface area contributed by atoms with Crippen LogP contribution in [0.2, 0.25) is 0 Å². The highest BCUT2D eigenvalue weighted by atomic mass is 19.4. The Balaban J connectivity index is 2.14. The smallest absolute Gasteiger partial charge is 0.360 e. The Kier molecular flexibility index (Phi) is 3.73. The molecule has 1 fully saturated rings. The lowest BCUT2D eigenvalue weighted by molar-refractivity contribution is -0.274. The summed E-state index contributed by atoms with van der Waals surface area (Å²) in [6.07, 6.45) is -4.11. The molecule has 22 heavy (non-hydrogen) atoms. The molecule has 0 saturated carbocycles.